The topological polar surface area (TPSA) is 0 Å². The van der Waals surface area contributed by atoms with E-state index in [0.717, 1.165) is 0 Å². The van der Waals surface area contributed by atoms with E-state index in [-0.39, 0.29) is 0 Å². The Morgan fingerprint density at radius 1 is 0.909 bits per heavy atom. The zero-order valence-corrected chi connectivity index (χ0v) is 7.83. The second kappa shape index (κ2) is 1.98. The van der Waals surface area contributed by atoms with Gasteiger partial charge in [-0.3, -0.25) is 0 Å². The lowest BCUT2D eigenvalue weighted by atomic mass is 10.5. The van der Waals surface area contributed by atoms with Crippen LogP contribution in [0.15, 0.2) is 9.79 Å². The maximum Gasteiger partial charge on any atom is 0.0726 e. The minimum Gasteiger partial charge on any atom is -0.132 e. The molecule has 0 saturated carbocycles. The van der Waals surface area contributed by atoms with Crippen LogP contribution in [0.4, 0.5) is 0 Å². The minimum atomic E-state index is 1.37. The van der Waals surface area contributed by atoms with Crippen molar-refractivity contribution >= 4 is 45.8 Å². The molecule has 0 spiro atoms. The highest BCUT2D eigenvalue weighted by molar-refractivity contribution is 7.92. The Hall–Kier alpha value is -0.560. The quantitative estimate of drug-likeness (QED) is 0.586. The van der Waals surface area contributed by atoms with Crippen LogP contribution in [-0.4, -0.2) is 0 Å². The summed E-state index contributed by atoms with van der Waals surface area (Å²) in [5, 5.41) is 6.29. The summed E-state index contributed by atoms with van der Waals surface area (Å²) in [5.74, 6) is 0. The van der Waals surface area contributed by atoms with E-state index in [1.807, 2.05) is 11.3 Å². The first kappa shape index (κ1) is 6.01. The van der Waals surface area contributed by atoms with Crippen molar-refractivity contribution < 1.29 is 0 Å². The third-order valence-electron chi connectivity index (χ3n) is 1.58. The Morgan fingerprint density at radius 2 is 1.45 bits per heavy atom. The fourth-order valence-corrected chi connectivity index (χ4v) is 4.31. The molecule has 0 atom stereocenters. The summed E-state index contributed by atoms with van der Waals surface area (Å²) >= 11 is 5.24. The molecule has 0 bridgehead atoms. The lowest BCUT2D eigenvalue weighted by Gasteiger charge is -1.78. The molecule has 0 radical (unpaired) electrons. The van der Waals surface area contributed by atoms with Crippen molar-refractivity contribution in [3.63, 3.8) is 0 Å². The predicted octanol–water partition coefficient (Wildman–Crippen LogP) is 1.44. The molecule has 3 rings (SSSR count). The molecule has 11 heavy (non-hydrogen) atoms. The summed E-state index contributed by atoms with van der Waals surface area (Å²) < 4.78 is 2.73. The fourth-order valence-electron chi connectivity index (χ4n) is 1.10. The normalized spacial score (nSPS) is 14.5. The molecule has 2 aliphatic heterocycles. The molecule has 0 N–H and O–H groups in total. The van der Waals surface area contributed by atoms with Crippen LogP contribution in [0.2, 0.25) is 0 Å². The summed E-state index contributed by atoms with van der Waals surface area (Å²) in [5.41, 5.74) is 0. The van der Waals surface area contributed by atoms with Crippen LogP contribution in [0, 0.1) is 10.4 Å². The highest BCUT2D eigenvalue weighted by Crippen LogP contribution is 2.21. The fraction of sp³-hybridized carbons (Fsp3) is 0. The van der Waals surface area contributed by atoms with Gasteiger partial charge in [0.15, 0.2) is 0 Å². The zero-order chi connectivity index (χ0) is 7.26. The van der Waals surface area contributed by atoms with Crippen LogP contribution >= 0.6 is 33.7 Å². The van der Waals surface area contributed by atoms with Crippen molar-refractivity contribution in [2.24, 2.45) is 0 Å². The Labute approximate surface area is 75.1 Å². The summed E-state index contributed by atoms with van der Waals surface area (Å²) in [7, 11) is 0. The molecule has 1 aromatic rings. The van der Waals surface area contributed by atoms with E-state index < -0.39 is 0 Å². The van der Waals surface area contributed by atoms with Crippen molar-refractivity contribution in [2.45, 2.75) is 9.79 Å². The molecule has 0 fully saturated rings. The van der Waals surface area contributed by atoms with Gasteiger partial charge in [0.25, 0.3) is 0 Å². The molecule has 0 aromatic carbocycles. The van der Waals surface area contributed by atoms with E-state index in [4.69, 9.17) is 0 Å². The molecule has 0 unspecified atom stereocenters. The van der Waals surface area contributed by atoms with Gasteiger partial charge in [0.2, 0.25) is 0 Å². The summed E-state index contributed by atoms with van der Waals surface area (Å²) in [6.07, 6.45) is 4.13. The monoisotopic (exact) mass is 194 g/mol. The Balaban J connectivity index is 2.66. The van der Waals surface area contributed by atoms with Gasteiger partial charge < -0.3 is 0 Å². The molecule has 52 valence electrons. The van der Waals surface area contributed by atoms with Gasteiger partial charge in [-0.1, -0.05) is 32.7 Å². The van der Waals surface area contributed by atoms with Crippen LogP contribution in [0.3, 0.4) is 0 Å². The smallest absolute Gasteiger partial charge is 0.0726 e. The van der Waals surface area contributed by atoms with Crippen molar-refractivity contribution in [3.8, 4) is 10.4 Å². The molecule has 0 amide bonds. The number of hydrogen-bond donors (Lipinski definition) is 0. The van der Waals surface area contributed by atoms with Crippen molar-refractivity contribution in [1.82, 2.24) is 0 Å². The van der Waals surface area contributed by atoms with E-state index in [1.54, 1.807) is 22.3 Å². The predicted molar refractivity (Wildman–Crippen MR) is 52.0 cm³/mol. The van der Waals surface area contributed by atoms with Gasteiger partial charge >= 0.3 is 0 Å². The Morgan fingerprint density at radius 3 is 2.00 bits per heavy atom. The molecule has 0 aliphatic carbocycles. The molecular weight excluding hydrogens is 192 g/mol. The standard InChI is InChI=1S/C8H2S3/c1-3-9-7-5(1)11-6-2-4-10-8(6)7/h1-2H. The van der Waals surface area contributed by atoms with E-state index in [1.165, 1.54) is 18.9 Å². The molecule has 2 aliphatic rings. The van der Waals surface area contributed by atoms with Crippen molar-refractivity contribution in [3.05, 3.63) is 9.06 Å². The molecular formula is C8H2S3. The molecule has 3 heterocycles. The van der Waals surface area contributed by atoms with Crippen LogP contribution in [0.1, 0.15) is 0 Å². The average Bonchev–Trinajstić information content (AvgIpc) is 2.52. The largest absolute Gasteiger partial charge is 0.132 e. The number of fused-ring (bicyclic) bond motifs is 3. The van der Waals surface area contributed by atoms with Gasteiger partial charge in [-0.15, -0.1) is 11.3 Å². The van der Waals surface area contributed by atoms with Crippen molar-refractivity contribution in [1.29, 1.82) is 0 Å². The number of thiophene rings is 1. The third kappa shape index (κ3) is 0.694. The molecule has 3 heteroatoms. The van der Waals surface area contributed by atoms with Crippen LogP contribution < -0.4 is 9.06 Å². The van der Waals surface area contributed by atoms with Crippen molar-refractivity contribution in [2.75, 3.05) is 0 Å². The number of rotatable bonds is 0. The zero-order valence-electron chi connectivity index (χ0n) is 5.38. The van der Waals surface area contributed by atoms with E-state index in [2.05, 4.69) is 22.5 Å². The van der Waals surface area contributed by atoms with Gasteiger partial charge in [0.05, 0.1) is 18.9 Å². The van der Waals surface area contributed by atoms with Crippen LogP contribution in [-0.2, 0) is 0 Å². The second-order valence-corrected chi connectivity index (χ2v) is 5.00. The first-order valence-corrected chi connectivity index (χ1v) is 5.58. The lowest BCUT2D eigenvalue weighted by molar-refractivity contribution is 1.30. The van der Waals surface area contributed by atoms with Gasteiger partial charge in [-0.05, 0) is 0 Å². The SMILES string of the molecule is C1#Sc2c3c(sc2=C1)=CC#S3. The summed E-state index contributed by atoms with van der Waals surface area (Å²) in [4.78, 5) is 2.77. The maximum atomic E-state index is 3.14. The third-order valence-corrected chi connectivity index (χ3v) is 4.77. The second-order valence-electron chi connectivity index (χ2n) is 2.22. The van der Waals surface area contributed by atoms with Gasteiger partial charge in [-0.25, -0.2) is 0 Å². The van der Waals surface area contributed by atoms with Crippen LogP contribution in [0.5, 0.6) is 0 Å². The summed E-state index contributed by atoms with van der Waals surface area (Å²) in [6, 6.07) is 0. The van der Waals surface area contributed by atoms with Gasteiger partial charge in [0.1, 0.15) is 0 Å². The minimum absolute atomic E-state index is 1.37. The van der Waals surface area contributed by atoms with Gasteiger partial charge in [-0.2, -0.15) is 0 Å². The Kier molecular flexibility index (Phi) is 1.08. The van der Waals surface area contributed by atoms with E-state index in [0.29, 0.717) is 0 Å². The first-order valence-electron chi connectivity index (χ1n) is 3.13. The average molecular weight is 194 g/mol. The van der Waals surface area contributed by atoms with E-state index >= 15 is 0 Å². The highest BCUT2D eigenvalue weighted by Gasteiger charge is 2.09. The lowest BCUT2D eigenvalue weighted by Crippen LogP contribution is -1.89. The van der Waals surface area contributed by atoms with E-state index in [9.17, 15) is 0 Å². The number of hydrogen-bond acceptors (Lipinski definition) is 1. The highest BCUT2D eigenvalue weighted by atomic mass is 32.1. The molecule has 0 saturated heterocycles. The maximum absolute atomic E-state index is 3.14. The van der Waals surface area contributed by atoms with Crippen LogP contribution in [0.25, 0.3) is 12.2 Å². The molecule has 0 nitrogen and oxygen atoms in total. The van der Waals surface area contributed by atoms with Gasteiger partial charge in [0, 0.05) is 12.2 Å². The summed E-state index contributed by atoms with van der Waals surface area (Å²) in [6.45, 7) is 0. The molecule has 1 aromatic heterocycles. The Bertz CT molecular complexity index is 529. The first-order chi connectivity index (χ1) is 5.45.